The molecule has 2 rings (SSSR count). The van der Waals surface area contributed by atoms with Crippen LogP contribution < -0.4 is 0 Å². The van der Waals surface area contributed by atoms with Crippen LogP contribution in [0, 0.1) is 11.6 Å². The third-order valence-corrected chi connectivity index (χ3v) is 1.82. The topological polar surface area (TPSA) is 48.9 Å². The molecule has 1 heterocycles. The van der Waals surface area contributed by atoms with Crippen molar-refractivity contribution in [2.24, 2.45) is 0 Å². The molecule has 0 aliphatic heterocycles. The Kier molecular flexibility index (Phi) is 1.92. The summed E-state index contributed by atoms with van der Waals surface area (Å²) in [6.45, 7) is 0. The number of hydrogen-bond acceptors (Lipinski definition) is 2. The lowest BCUT2D eigenvalue weighted by Crippen LogP contribution is -1.88. The number of phenols is 1. The number of H-pyrrole nitrogens is 1. The molecular formula is C9H6F2N2O. The molecule has 5 heteroatoms. The van der Waals surface area contributed by atoms with Gasteiger partial charge in [0.1, 0.15) is 5.75 Å². The monoisotopic (exact) mass is 196 g/mol. The van der Waals surface area contributed by atoms with Gasteiger partial charge in [-0.2, -0.15) is 5.10 Å². The summed E-state index contributed by atoms with van der Waals surface area (Å²) < 4.78 is 26.1. The van der Waals surface area contributed by atoms with E-state index >= 15 is 0 Å². The Morgan fingerprint density at radius 3 is 2.71 bits per heavy atom. The largest absolute Gasteiger partial charge is 0.508 e. The van der Waals surface area contributed by atoms with E-state index < -0.39 is 11.6 Å². The van der Waals surface area contributed by atoms with E-state index in [0.717, 1.165) is 12.1 Å². The van der Waals surface area contributed by atoms with Crippen molar-refractivity contribution < 1.29 is 13.9 Å². The minimum Gasteiger partial charge on any atom is -0.508 e. The molecule has 0 aliphatic carbocycles. The van der Waals surface area contributed by atoms with Gasteiger partial charge < -0.3 is 5.11 Å². The molecule has 0 bridgehead atoms. The van der Waals surface area contributed by atoms with Crippen LogP contribution in [0.4, 0.5) is 8.78 Å². The maximum Gasteiger partial charge on any atom is 0.167 e. The van der Waals surface area contributed by atoms with E-state index in [1.807, 2.05) is 0 Å². The molecule has 0 spiro atoms. The second-order valence-electron chi connectivity index (χ2n) is 2.78. The highest BCUT2D eigenvalue weighted by molar-refractivity contribution is 5.64. The number of nitrogens with zero attached hydrogens (tertiary/aromatic N) is 1. The number of rotatable bonds is 1. The normalized spacial score (nSPS) is 10.4. The Bertz CT molecular complexity index is 454. The van der Waals surface area contributed by atoms with Crippen LogP contribution in [0.2, 0.25) is 0 Å². The molecule has 0 unspecified atom stereocenters. The maximum absolute atomic E-state index is 13.2. The molecule has 0 amide bonds. The Labute approximate surface area is 78.0 Å². The second kappa shape index (κ2) is 3.10. The number of aromatic amines is 1. The van der Waals surface area contributed by atoms with Crippen molar-refractivity contribution in [3.8, 4) is 16.9 Å². The quantitative estimate of drug-likeness (QED) is 0.733. The van der Waals surface area contributed by atoms with Gasteiger partial charge >= 0.3 is 0 Å². The maximum atomic E-state index is 13.2. The third kappa shape index (κ3) is 1.32. The van der Waals surface area contributed by atoms with Gasteiger partial charge in [0.15, 0.2) is 11.6 Å². The lowest BCUT2D eigenvalue weighted by molar-refractivity contribution is 0.456. The predicted molar refractivity (Wildman–Crippen MR) is 45.6 cm³/mol. The fourth-order valence-corrected chi connectivity index (χ4v) is 1.18. The van der Waals surface area contributed by atoms with Crippen molar-refractivity contribution in [2.75, 3.05) is 0 Å². The fourth-order valence-electron chi connectivity index (χ4n) is 1.18. The second-order valence-corrected chi connectivity index (χ2v) is 2.78. The molecule has 0 radical (unpaired) electrons. The van der Waals surface area contributed by atoms with Gasteiger partial charge in [-0.15, -0.1) is 0 Å². The average Bonchev–Trinajstić information content (AvgIpc) is 2.63. The molecular weight excluding hydrogens is 190 g/mol. The molecule has 0 atom stereocenters. The van der Waals surface area contributed by atoms with Crippen LogP contribution in [0.15, 0.2) is 24.5 Å². The van der Waals surface area contributed by atoms with Gasteiger partial charge in [0.2, 0.25) is 0 Å². The van der Waals surface area contributed by atoms with Crippen LogP contribution in [-0.2, 0) is 0 Å². The van der Waals surface area contributed by atoms with Gasteiger partial charge in [-0.25, -0.2) is 8.78 Å². The molecule has 0 saturated heterocycles. The number of phenolic OH excluding ortho intramolecular Hbond substituents is 1. The summed E-state index contributed by atoms with van der Waals surface area (Å²) >= 11 is 0. The van der Waals surface area contributed by atoms with Gasteiger partial charge in [-0.1, -0.05) is 0 Å². The van der Waals surface area contributed by atoms with Crippen LogP contribution in [0.1, 0.15) is 0 Å². The highest BCUT2D eigenvalue weighted by Crippen LogP contribution is 2.27. The van der Waals surface area contributed by atoms with E-state index in [9.17, 15) is 8.78 Å². The minimum atomic E-state index is -1.08. The van der Waals surface area contributed by atoms with E-state index in [2.05, 4.69) is 10.2 Å². The molecule has 0 aliphatic rings. The van der Waals surface area contributed by atoms with E-state index in [1.165, 1.54) is 12.4 Å². The molecule has 0 fully saturated rings. The standard InChI is InChI=1S/C9H6F2N2O/c10-8-2-6(14)1-7(9(8)11)5-3-12-13-4-5/h1-4,14H,(H,12,13). The summed E-state index contributed by atoms with van der Waals surface area (Å²) in [6, 6.07) is 1.86. The lowest BCUT2D eigenvalue weighted by Gasteiger charge is -2.01. The summed E-state index contributed by atoms with van der Waals surface area (Å²) in [7, 11) is 0. The van der Waals surface area contributed by atoms with Crippen molar-refractivity contribution >= 4 is 0 Å². The molecule has 0 saturated carbocycles. The van der Waals surface area contributed by atoms with Crippen molar-refractivity contribution in [3.05, 3.63) is 36.2 Å². The van der Waals surface area contributed by atoms with Crippen LogP contribution in [0.25, 0.3) is 11.1 Å². The minimum absolute atomic E-state index is 0.0174. The first kappa shape index (κ1) is 8.68. The molecule has 72 valence electrons. The van der Waals surface area contributed by atoms with Crippen molar-refractivity contribution in [3.63, 3.8) is 0 Å². The average molecular weight is 196 g/mol. The highest BCUT2D eigenvalue weighted by atomic mass is 19.2. The Balaban J connectivity index is 2.64. The highest BCUT2D eigenvalue weighted by Gasteiger charge is 2.12. The van der Waals surface area contributed by atoms with Gasteiger partial charge in [0.05, 0.1) is 6.20 Å². The number of aromatic hydroxyl groups is 1. The zero-order chi connectivity index (χ0) is 10.1. The van der Waals surface area contributed by atoms with E-state index in [1.54, 1.807) is 0 Å². The van der Waals surface area contributed by atoms with Crippen molar-refractivity contribution in [2.45, 2.75) is 0 Å². The van der Waals surface area contributed by atoms with Crippen molar-refractivity contribution in [1.29, 1.82) is 0 Å². The van der Waals surface area contributed by atoms with Gasteiger partial charge in [-0.05, 0) is 6.07 Å². The Morgan fingerprint density at radius 1 is 1.29 bits per heavy atom. The lowest BCUT2D eigenvalue weighted by atomic mass is 10.1. The van der Waals surface area contributed by atoms with Crippen LogP contribution >= 0.6 is 0 Å². The van der Waals surface area contributed by atoms with E-state index in [-0.39, 0.29) is 11.3 Å². The molecule has 3 nitrogen and oxygen atoms in total. The van der Waals surface area contributed by atoms with Gasteiger partial charge in [-0.3, -0.25) is 5.10 Å². The Hall–Kier alpha value is -1.91. The van der Waals surface area contributed by atoms with Gasteiger partial charge in [0, 0.05) is 23.4 Å². The number of aromatic nitrogens is 2. The predicted octanol–water partition coefficient (Wildman–Crippen LogP) is 2.06. The Morgan fingerprint density at radius 2 is 2.07 bits per heavy atom. The third-order valence-electron chi connectivity index (χ3n) is 1.82. The fraction of sp³-hybridized carbons (Fsp3) is 0. The molecule has 1 aromatic carbocycles. The van der Waals surface area contributed by atoms with Crippen LogP contribution in [-0.4, -0.2) is 15.3 Å². The van der Waals surface area contributed by atoms with Crippen LogP contribution in [0.3, 0.4) is 0 Å². The molecule has 14 heavy (non-hydrogen) atoms. The smallest absolute Gasteiger partial charge is 0.167 e. The van der Waals surface area contributed by atoms with E-state index in [4.69, 9.17) is 5.11 Å². The SMILES string of the molecule is Oc1cc(F)c(F)c(-c2cn[nH]c2)c1. The number of nitrogens with one attached hydrogen (secondary N) is 1. The molecule has 2 aromatic rings. The zero-order valence-corrected chi connectivity index (χ0v) is 6.96. The van der Waals surface area contributed by atoms with Crippen molar-refractivity contribution in [1.82, 2.24) is 10.2 Å². The molecule has 2 N–H and O–H groups in total. The summed E-state index contributed by atoms with van der Waals surface area (Å²) in [5, 5.41) is 15.2. The summed E-state index contributed by atoms with van der Waals surface area (Å²) in [5.41, 5.74) is 0.369. The summed E-state index contributed by atoms with van der Waals surface area (Å²) in [4.78, 5) is 0. The summed E-state index contributed by atoms with van der Waals surface area (Å²) in [6.07, 6.45) is 2.76. The zero-order valence-electron chi connectivity index (χ0n) is 6.96. The number of halogens is 2. The first-order chi connectivity index (χ1) is 6.68. The first-order valence-corrected chi connectivity index (χ1v) is 3.85. The number of benzene rings is 1. The first-order valence-electron chi connectivity index (χ1n) is 3.85. The van der Waals surface area contributed by atoms with E-state index in [0.29, 0.717) is 5.56 Å². The van der Waals surface area contributed by atoms with Crippen LogP contribution in [0.5, 0.6) is 5.75 Å². The summed E-state index contributed by atoms with van der Waals surface area (Å²) in [5.74, 6) is -2.40. The number of hydrogen-bond donors (Lipinski definition) is 2. The molecule has 1 aromatic heterocycles. The van der Waals surface area contributed by atoms with Gasteiger partial charge in [0.25, 0.3) is 0 Å².